The summed E-state index contributed by atoms with van der Waals surface area (Å²) in [5.41, 5.74) is 3.04. The molecule has 1 aromatic carbocycles. The zero-order valence-corrected chi connectivity index (χ0v) is 16.5. The summed E-state index contributed by atoms with van der Waals surface area (Å²) in [6.07, 6.45) is 3.87. The number of fused-ring (bicyclic) bond motifs is 1. The van der Waals surface area contributed by atoms with Crippen LogP contribution in [0.4, 0.5) is 0 Å². The second-order valence-electron chi connectivity index (χ2n) is 8.37. The first-order valence-electron chi connectivity index (χ1n) is 10.3. The predicted molar refractivity (Wildman–Crippen MR) is 108 cm³/mol. The first-order chi connectivity index (χ1) is 13.1. The van der Waals surface area contributed by atoms with Crippen LogP contribution in [0, 0.1) is 18.8 Å². The number of piperidine rings is 1. The van der Waals surface area contributed by atoms with Gasteiger partial charge in [-0.15, -0.1) is 0 Å². The molecule has 1 amide bonds. The number of aliphatic hydroxyl groups excluding tert-OH is 1. The Morgan fingerprint density at radius 1 is 1.15 bits per heavy atom. The molecule has 0 aliphatic carbocycles. The van der Waals surface area contributed by atoms with Crippen LogP contribution in [0.25, 0.3) is 10.9 Å². The number of aromatic nitrogens is 1. The minimum atomic E-state index is 0.0905. The molecule has 2 atom stereocenters. The van der Waals surface area contributed by atoms with Crippen molar-refractivity contribution < 1.29 is 9.90 Å². The molecule has 1 aromatic heterocycles. The van der Waals surface area contributed by atoms with E-state index in [9.17, 15) is 9.90 Å². The molecule has 2 saturated heterocycles. The third-order valence-corrected chi connectivity index (χ3v) is 6.56. The van der Waals surface area contributed by atoms with Crippen LogP contribution in [0.5, 0.6) is 0 Å². The number of likely N-dealkylation sites (tertiary alicyclic amines) is 2. The average Bonchev–Trinajstić information content (AvgIpc) is 3.24. The van der Waals surface area contributed by atoms with Crippen molar-refractivity contribution in [3.8, 4) is 0 Å². The Kier molecular flexibility index (Phi) is 5.24. The minimum absolute atomic E-state index is 0.0905. The topological polar surface area (TPSA) is 48.7 Å². The van der Waals surface area contributed by atoms with Crippen molar-refractivity contribution in [2.45, 2.75) is 26.2 Å². The Hall–Kier alpha value is -1.85. The van der Waals surface area contributed by atoms with Gasteiger partial charge in [0.05, 0.1) is 0 Å². The smallest absolute Gasteiger partial charge is 0.270 e. The van der Waals surface area contributed by atoms with E-state index in [0.29, 0.717) is 12.5 Å². The lowest BCUT2D eigenvalue weighted by atomic mass is 9.95. The number of carbonyl (C=O) groups is 1. The first-order valence-corrected chi connectivity index (χ1v) is 10.3. The molecule has 0 bridgehead atoms. The van der Waals surface area contributed by atoms with Crippen LogP contribution in [0.15, 0.2) is 24.3 Å². The van der Waals surface area contributed by atoms with Crippen molar-refractivity contribution in [2.75, 3.05) is 39.3 Å². The number of hydrogen-bond acceptors (Lipinski definition) is 3. The highest BCUT2D eigenvalue weighted by molar-refractivity contribution is 5.99. The van der Waals surface area contributed by atoms with Crippen LogP contribution >= 0.6 is 0 Å². The molecule has 0 radical (unpaired) electrons. The fourth-order valence-corrected chi connectivity index (χ4v) is 4.87. The summed E-state index contributed by atoms with van der Waals surface area (Å²) < 4.78 is 2.01. The molecule has 2 aliphatic heterocycles. The van der Waals surface area contributed by atoms with E-state index in [0.717, 1.165) is 42.8 Å². The number of aryl methyl sites for hydroxylation is 2. The lowest BCUT2D eigenvalue weighted by Gasteiger charge is -2.30. The highest BCUT2D eigenvalue weighted by atomic mass is 16.3. The van der Waals surface area contributed by atoms with Gasteiger partial charge in [0.2, 0.25) is 0 Å². The number of carbonyl (C=O) groups excluding carboxylic acids is 1. The Morgan fingerprint density at radius 3 is 2.59 bits per heavy atom. The largest absolute Gasteiger partial charge is 0.396 e. The van der Waals surface area contributed by atoms with Crippen molar-refractivity contribution in [1.29, 1.82) is 0 Å². The van der Waals surface area contributed by atoms with Crippen molar-refractivity contribution in [3.63, 3.8) is 0 Å². The molecule has 4 rings (SSSR count). The fourth-order valence-electron chi connectivity index (χ4n) is 4.87. The van der Waals surface area contributed by atoms with E-state index in [1.54, 1.807) is 0 Å². The summed E-state index contributed by atoms with van der Waals surface area (Å²) in [6.45, 7) is 6.98. The molecule has 0 spiro atoms. The summed E-state index contributed by atoms with van der Waals surface area (Å²) in [5, 5.41) is 11.0. The molecule has 5 heteroatoms. The maximum Gasteiger partial charge on any atom is 0.270 e. The molecule has 5 nitrogen and oxygen atoms in total. The number of rotatable bonds is 4. The van der Waals surface area contributed by atoms with Gasteiger partial charge in [-0.2, -0.15) is 0 Å². The fraction of sp³-hybridized carbons (Fsp3) is 0.591. The van der Waals surface area contributed by atoms with Crippen LogP contribution in [-0.2, 0) is 7.05 Å². The van der Waals surface area contributed by atoms with Gasteiger partial charge >= 0.3 is 0 Å². The van der Waals surface area contributed by atoms with Gasteiger partial charge in [0, 0.05) is 50.1 Å². The summed E-state index contributed by atoms with van der Waals surface area (Å²) in [4.78, 5) is 17.7. The van der Waals surface area contributed by atoms with Crippen molar-refractivity contribution in [1.82, 2.24) is 14.4 Å². The van der Waals surface area contributed by atoms with Gasteiger partial charge in [-0.1, -0.05) is 18.6 Å². The summed E-state index contributed by atoms with van der Waals surface area (Å²) in [5.74, 6) is 0.647. The van der Waals surface area contributed by atoms with E-state index in [1.807, 2.05) is 28.6 Å². The van der Waals surface area contributed by atoms with Gasteiger partial charge in [0.15, 0.2) is 0 Å². The lowest BCUT2D eigenvalue weighted by Crippen LogP contribution is -2.37. The zero-order chi connectivity index (χ0) is 19.0. The van der Waals surface area contributed by atoms with Crippen molar-refractivity contribution in [3.05, 3.63) is 35.5 Å². The molecular weight excluding hydrogens is 338 g/mol. The van der Waals surface area contributed by atoms with E-state index >= 15 is 0 Å². The van der Waals surface area contributed by atoms with Crippen LogP contribution < -0.4 is 0 Å². The van der Waals surface area contributed by atoms with Crippen molar-refractivity contribution in [2.24, 2.45) is 18.9 Å². The van der Waals surface area contributed by atoms with E-state index in [4.69, 9.17) is 0 Å². The van der Waals surface area contributed by atoms with Crippen LogP contribution in [0.2, 0.25) is 0 Å². The highest BCUT2D eigenvalue weighted by Gasteiger charge is 2.37. The van der Waals surface area contributed by atoms with Gasteiger partial charge in [-0.05, 0) is 56.5 Å². The molecule has 2 aliphatic rings. The Morgan fingerprint density at radius 2 is 1.89 bits per heavy atom. The Balaban J connectivity index is 1.52. The normalized spacial score (nSPS) is 24.0. The predicted octanol–water partition coefficient (Wildman–Crippen LogP) is 2.65. The SMILES string of the molecule is Cc1cccc2c1cc(C(=O)N1C[C@@H](CN3CCCCC3)[C@@H](CO)C1)n2C. The molecule has 2 aromatic rings. The van der Waals surface area contributed by atoms with E-state index in [1.165, 1.54) is 24.8 Å². The summed E-state index contributed by atoms with van der Waals surface area (Å²) >= 11 is 0. The zero-order valence-electron chi connectivity index (χ0n) is 16.5. The molecule has 1 N–H and O–H groups in total. The molecule has 146 valence electrons. The van der Waals surface area contributed by atoms with E-state index in [-0.39, 0.29) is 18.4 Å². The standard InChI is InChI=1S/C22H31N3O2/c1-16-7-6-8-20-19(16)11-21(23(20)2)22(27)25-13-17(18(14-25)15-26)12-24-9-4-3-5-10-24/h6-8,11,17-18,26H,3-5,9-10,12-15H2,1-2H3/t17-,18-/m1/s1. The Bertz CT molecular complexity index is 822. The van der Waals surface area contributed by atoms with Gasteiger partial charge in [0.25, 0.3) is 5.91 Å². The maximum atomic E-state index is 13.3. The minimum Gasteiger partial charge on any atom is -0.396 e. The third kappa shape index (κ3) is 3.50. The van der Waals surface area contributed by atoms with Gasteiger partial charge in [0.1, 0.15) is 5.69 Å². The lowest BCUT2D eigenvalue weighted by molar-refractivity contribution is 0.0769. The quantitative estimate of drug-likeness (QED) is 0.901. The Labute approximate surface area is 161 Å². The number of hydrogen-bond donors (Lipinski definition) is 1. The second-order valence-corrected chi connectivity index (χ2v) is 8.37. The number of amides is 1. The third-order valence-electron chi connectivity index (χ3n) is 6.56. The summed E-state index contributed by atoms with van der Waals surface area (Å²) in [7, 11) is 1.97. The van der Waals surface area contributed by atoms with Crippen molar-refractivity contribution >= 4 is 16.8 Å². The molecule has 2 fully saturated rings. The van der Waals surface area contributed by atoms with Gasteiger partial charge < -0.3 is 19.5 Å². The molecule has 3 heterocycles. The number of benzene rings is 1. The van der Waals surface area contributed by atoms with Gasteiger partial charge in [-0.25, -0.2) is 0 Å². The molecular formula is C22H31N3O2. The summed E-state index contributed by atoms with van der Waals surface area (Å²) in [6, 6.07) is 8.22. The highest BCUT2D eigenvalue weighted by Crippen LogP contribution is 2.29. The number of nitrogens with zero attached hydrogens (tertiary/aromatic N) is 3. The van der Waals surface area contributed by atoms with E-state index in [2.05, 4.69) is 24.0 Å². The molecule has 0 unspecified atom stereocenters. The van der Waals surface area contributed by atoms with Crippen LogP contribution in [0.1, 0.15) is 35.3 Å². The van der Waals surface area contributed by atoms with Gasteiger partial charge in [-0.3, -0.25) is 4.79 Å². The van der Waals surface area contributed by atoms with Crippen LogP contribution in [-0.4, -0.2) is 64.7 Å². The maximum absolute atomic E-state index is 13.3. The van der Waals surface area contributed by atoms with Crippen LogP contribution in [0.3, 0.4) is 0 Å². The average molecular weight is 370 g/mol. The first kappa shape index (κ1) is 18.5. The second kappa shape index (κ2) is 7.64. The molecule has 0 saturated carbocycles. The number of aliphatic hydroxyl groups is 1. The van der Waals surface area contributed by atoms with E-state index < -0.39 is 0 Å². The molecule has 27 heavy (non-hydrogen) atoms. The monoisotopic (exact) mass is 369 g/mol.